The van der Waals surface area contributed by atoms with Crippen molar-refractivity contribution in [1.82, 2.24) is 0 Å². The maximum atomic E-state index is 6.13. The molecule has 98 valence electrons. The number of benzene rings is 2. The predicted molar refractivity (Wildman–Crippen MR) is 79.1 cm³/mol. The fourth-order valence-electron chi connectivity index (χ4n) is 2.86. The first-order valence-electron chi connectivity index (χ1n) is 6.27. The fraction of sp³-hybridized carbons (Fsp3) is 0.250. The number of hydrogen-bond donors (Lipinski definition) is 0. The minimum atomic E-state index is 0.163. The van der Waals surface area contributed by atoms with Gasteiger partial charge in [-0.05, 0) is 35.2 Å². The molecular weight excluding hydrogens is 279 g/mol. The van der Waals surface area contributed by atoms with Crippen LogP contribution in [0.1, 0.15) is 35.1 Å². The van der Waals surface area contributed by atoms with Crippen molar-refractivity contribution in [3.63, 3.8) is 0 Å². The zero-order chi connectivity index (χ0) is 13.4. The second-order valence-corrected chi connectivity index (χ2v) is 5.63. The zero-order valence-electron chi connectivity index (χ0n) is 10.6. The number of hydrogen-bond acceptors (Lipinski definition) is 1. The molecule has 19 heavy (non-hydrogen) atoms. The van der Waals surface area contributed by atoms with E-state index in [2.05, 4.69) is 24.3 Å². The van der Waals surface area contributed by atoms with E-state index in [1.807, 2.05) is 18.2 Å². The van der Waals surface area contributed by atoms with Gasteiger partial charge in [0, 0.05) is 13.0 Å². The van der Waals surface area contributed by atoms with Gasteiger partial charge in [-0.25, -0.2) is 0 Å². The Balaban J connectivity index is 2.05. The Bertz CT molecular complexity index is 609. The second-order valence-electron chi connectivity index (χ2n) is 4.82. The average molecular weight is 293 g/mol. The third-order valence-corrected chi connectivity index (χ3v) is 4.54. The number of rotatable bonds is 2. The third-order valence-electron chi connectivity index (χ3n) is 3.80. The van der Waals surface area contributed by atoms with Gasteiger partial charge in [0.1, 0.15) is 0 Å². The minimum Gasteiger partial charge on any atom is -0.377 e. The Hall–Kier alpha value is -1.02. The minimum absolute atomic E-state index is 0.163. The molecule has 0 spiro atoms. The van der Waals surface area contributed by atoms with Crippen LogP contribution in [0, 0.1) is 0 Å². The molecule has 0 bridgehead atoms. The van der Waals surface area contributed by atoms with Crippen molar-refractivity contribution in [1.29, 1.82) is 0 Å². The molecule has 1 aliphatic carbocycles. The number of halogens is 2. The molecule has 2 aromatic carbocycles. The second kappa shape index (κ2) is 5.16. The maximum absolute atomic E-state index is 6.13. The van der Waals surface area contributed by atoms with E-state index in [4.69, 9.17) is 27.9 Å². The van der Waals surface area contributed by atoms with Gasteiger partial charge in [0.25, 0.3) is 0 Å². The highest BCUT2D eigenvalue weighted by molar-refractivity contribution is 6.42. The molecule has 1 aliphatic rings. The molecule has 2 unspecified atom stereocenters. The van der Waals surface area contributed by atoms with E-state index in [1.54, 1.807) is 7.11 Å². The van der Waals surface area contributed by atoms with Crippen LogP contribution < -0.4 is 0 Å². The molecule has 0 saturated carbocycles. The lowest BCUT2D eigenvalue weighted by molar-refractivity contribution is 0.102. The zero-order valence-corrected chi connectivity index (χ0v) is 12.1. The lowest BCUT2D eigenvalue weighted by atomic mass is 9.93. The molecule has 2 aromatic rings. The molecule has 2 atom stereocenters. The van der Waals surface area contributed by atoms with E-state index >= 15 is 0 Å². The Morgan fingerprint density at radius 1 is 1.00 bits per heavy atom. The summed E-state index contributed by atoms with van der Waals surface area (Å²) in [5.74, 6) is 0.330. The van der Waals surface area contributed by atoms with Crippen LogP contribution >= 0.6 is 23.2 Å². The lowest BCUT2D eigenvalue weighted by Crippen LogP contribution is -1.97. The molecule has 0 fully saturated rings. The molecule has 1 nitrogen and oxygen atoms in total. The molecule has 0 saturated heterocycles. The van der Waals surface area contributed by atoms with Crippen LogP contribution in [0.15, 0.2) is 42.5 Å². The Kier molecular flexibility index (Phi) is 3.53. The van der Waals surface area contributed by atoms with Crippen LogP contribution in [0.5, 0.6) is 0 Å². The third kappa shape index (κ3) is 2.27. The fourth-order valence-corrected chi connectivity index (χ4v) is 3.16. The van der Waals surface area contributed by atoms with E-state index in [0.29, 0.717) is 16.0 Å². The van der Waals surface area contributed by atoms with Crippen LogP contribution in [0.2, 0.25) is 10.0 Å². The van der Waals surface area contributed by atoms with Crippen molar-refractivity contribution >= 4 is 23.2 Å². The molecule has 0 radical (unpaired) electrons. The summed E-state index contributed by atoms with van der Waals surface area (Å²) < 4.78 is 5.58. The topological polar surface area (TPSA) is 9.23 Å². The van der Waals surface area contributed by atoms with Gasteiger partial charge in [0.2, 0.25) is 0 Å². The Morgan fingerprint density at radius 3 is 2.42 bits per heavy atom. The Labute approximate surface area is 123 Å². The van der Waals surface area contributed by atoms with Gasteiger partial charge in [-0.1, -0.05) is 53.5 Å². The lowest BCUT2D eigenvalue weighted by Gasteiger charge is -2.13. The standard InChI is InChI=1S/C16H14Cl2O/c1-19-16-9-13(11-4-2-3-5-12(11)16)10-6-7-14(17)15(18)8-10/h2-8,13,16H,9H2,1H3. The average Bonchev–Trinajstić information content (AvgIpc) is 2.81. The van der Waals surface area contributed by atoms with Crippen molar-refractivity contribution in [3.8, 4) is 0 Å². The molecule has 3 heteroatoms. The SMILES string of the molecule is COC1CC(c2ccc(Cl)c(Cl)c2)c2ccccc21. The first-order chi connectivity index (χ1) is 9.20. The van der Waals surface area contributed by atoms with Gasteiger partial charge in [-0.3, -0.25) is 0 Å². The highest BCUT2D eigenvalue weighted by atomic mass is 35.5. The molecule has 0 N–H and O–H groups in total. The van der Waals surface area contributed by atoms with Gasteiger partial charge >= 0.3 is 0 Å². The van der Waals surface area contributed by atoms with Crippen molar-refractivity contribution in [2.75, 3.05) is 7.11 Å². The monoisotopic (exact) mass is 292 g/mol. The first-order valence-corrected chi connectivity index (χ1v) is 7.03. The molecule has 3 rings (SSSR count). The van der Waals surface area contributed by atoms with Gasteiger partial charge < -0.3 is 4.74 Å². The summed E-state index contributed by atoms with van der Waals surface area (Å²) in [4.78, 5) is 0. The van der Waals surface area contributed by atoms with Crippen LogP contribution in [0.25, 0.3) is 0 Å². The van der Waals surface area contributed by atoms with Crippen molar-refractivity contribution in [2.24, 2.45) is 0 Å². The first kappa shape index (κ1) is 13.0. The van der Waals surface area contributed by atoms with Crippen molar-refractivity contribution in [2.45, 2.75) is 18.4 Å². The predicted octanol–water partition coefficient (Wildman–Crippen LogP) is 5.22. The largest absolute Gasteiger partial charge is 0.377 e. The van der Waals surface area contributed by atoms with Crippen LogP contribution in [-0.2, 0) is 4.74 Å². The summed E-state index contributed by atoms with van der Waals surface area (Å²) in [6, 6.07) is 14.3. The molecule has 0 aromatic heterocycles. The molecular formula is C16H14Cl2O. The summed E-state index contributed by atoms with van der Waals surface area (Å²) in [6.45, 7) is 0. The number of methoxy groups -OCH3 is 1. The molecule has 0 aliphatic heterocycles. The van der Waals surface area contributed by atoms with Gasteiger partial charge in [0.15, 0.2) is 0 Å². The summed E-state index contributed by atoms with van der Waals surface area (Å²) in [7, 11) is 1.76. The highest BCUT2D eigenvalue weighted by Gasteiger charge is 2.31. The van der Waals surface area contributed by atoms with E-state index < -0.39 is 0 Å². The van der Waals surface area contributed by atoms with Crippen LogP contribution in [0.4, 0.5) is 0 Å². The smallest absolute Gasteiger partial charge is 0.0833 e. The molecule has 0 amide bonds. The molecule has 0 heterocycles. The van der Waals surface area contributed by atoms with Crippen molar-refractivity contribution < 1.29 is 4.74 Å². The van der Waals surface area contributed by atoms with E-state index in [1.165, 1.54) is 16.7 Å². The van der Waals surface area contributed by atoms with Crippen molar-refractivity contribution in [3.05, 3.63) is 69.2 Å². The Morgan fingerprint density at radius 2 is 1.74 bits per heavy atom. The quantitative estimate of drug-likeness (QED) is 0.738. The van der Waals surface area contributed by atoms with Crippen LogP contribution in [-0.4, -0.2) is 7.11 Å². The van der Waals surface area contributed by atoms with Crippen LogP contribution in [0.3, 0.4) is 0 Å². The number of fused-ring (bicyclic) bond motifs is 1. The summed E-state index contributed by atoms with van der Waals surface area (Å²) in [5, 5.41) is 1.21. The summed E-state index contributed by atoms with van der Waals surface area (Å²) in [6.07, 6.45) is 1.11. The van der Waals surface area contributed by atoms with Gasteiger partial charge in [-0.2, -0.15) is 0 Å². The van der Waals surface area contributed by atoms with Gasteiger partial charge in [-0.15, -0.1) is 0 Å². The van der Waals surface area contributed by atoms with E-state index in [0.717, 1.165) is 6.42 Å². The highest BCUT2D eigenvalue weighted by Crippen LogP contribution is 2.46. The van der Waals surface area contributed by atoms with Gasteiger partial charge in [0.05, 0.1) is 16.1 Å². The van der Waals surface area contributed by atoms with E-state index in [-0.39, 0.29) is 6.10 Å². The summed E-state index contributed by atoms with van der Waals surface area (Å²) >= 11 is 12.1. The van der Waals surface area contributed by atoms with E-state index in [9.17, 15) is 0 Å². The number of ether oxygens (including phenoxy) is 1. The maximum Gasteiger partial charge on any atom is 0.0833 e. The summed E-state index contributed by atoms with van der Waals surface area (Å²) in [5.41, 5.74) is 3.80. The normalized spacial score (nSPS) is 21.4.